The van der Waals surface area contributed by atoms with Crippen molar-refractivity contribution in [3.63, 3.8) is 0 Å². The highest BCUT2D eigenvalue weighted by molar-refractivity contribution is 5.98. The fourth-order valence-corrected chi connectivity index (χ4v) is 3.02. The Morgan fingerprint density at radius 1 is 1.39 bits per heavy atom. The lowest BCUT2D eigenvalue weighted by atomic mass is 9.86. The third kappa shape index (κ3) is 2.98. The zero-order valence-electron chi connectivity index (χ0n) is 13.8. The molecule has 3 rings (SSSR count). The number of amides is 1. The Balaban J connectivity index is 1.87. The number of carbonyl (C=O) groups is 1. The molecule has 1 aromatic carbocycles. The predicted molar refractivity (Wildman–Crippen MR) is 88.4 cm³/mol. The second-order valence-electron chi connectivity index (χ2n) is 7.52. The summed E-state index contributed by atoms with van der Waals surface area (Å²) < 4.78 is 14.1. The van der Waals surface area contributed by atoms with Gasteiger partial charge in [-0.3, -0.25) is 4.79 Å². The molecule has 5 heteroatoms. The number of benzene rings is 1. The fraction of sp³-hybridized carbons (Fsp3) is 0.500. The lowest BCUT2D eigenvalue weighted by Crippen LogP contribution is -2.35. The average molecular weight is 318 g/mol. The molecule has 1 unspecified atom stereocenters. The lowest BCUT2D eigenvalue weighted by molar-refractivity contribution is 0.0628. The van der Waals surface area contributed by atoms with Crippen LogP contribution in [0.2, 0.25) is 0 Å². The summed E-state index contributed by atoms with van der Waals surface area (Å²) in [6.07, 6.45) is 0.184. The molecule has 1 amide bonds. The van der Waals surface area contributed by atoms with Crippen LogP contribution in [0.25, 0.3) is 10.9 Å². The molecular formula is C18H23FN2O2. The number of nitrogens with zero attached hydrogens (tertiary/aromatic N) is 1. The van der Waals surface area contributed by atoms with Crippen molar-refractivity contribution in [2.24, 2.45) is 0 Å². The number of H-pyrrole nitrogens is 1. The number of aromatic amines is 1. The van der Waals surface area contributed by atoms with E-state index in [0.29, 0.717) is 12.2 Å². The summed E-state index contributed by atoms with van der Waals surface area (Å²) in [6.45, 7) is 6.17. The van der Waals surface area contributed by atoms with Crippen LogP contribution in [-0.4, -0.2) is 46.3 Å². The molecule has 1 aliphatic heterocycles. The van der Waals surface area contributed by atoms with Crippen LogP contribution in [0.1, 0.15) is 43.2 Å². The van der Waals surface area contributed by atoms with Crippen molar-refractivity contribution in [2.45, 2.75) is 38.3 Å². The maximum Gasteiger partial charge on any atom is 0.270 e. The third-order valence-corrected chi connectivity index (χ3v) is 4.59. The molecular weight excluding hydrogens is 295 g/mol. The number of likely N-dealkylation sites (tertiary alicyclic amines) is 1. The molecule has 0 radical (unpaired) electrons. The number of hydrogen-bond donors (Lipinski definition) is 2. The molecule has 2 N–H and O–H groups in total. The number of aliphatic hydroxyl groups excluding tert-OH is 1. The molecule has 0 bridgehead atoms. The monoisotopic (exact) mass is 318 g/mol. The first-order chi connectivity index (χ1) is 10.7. The fourth-order valence-electron chi connectivity index (χ4n) is 3.02. The van der Waals surface area contributed by atoms with Gasteiger partial charge in [-0.05, 0) is 29.2 Å². The van der Waals surface area contributed by atoms with Crippen LogP contribution >= 0.6 is 0 Å². The van der Waals surface area contributed by atoms with Crippen molar-refractivity contribution in [3.05, 3.63) is 35.5 Å². The lowest BCUT2D eigenvalue weighted by Gasteiger charge is -2.18. The number of nitrogens with one attached hydrogen (secondary N) is 1. The first-order valence-electron chi connectivity index (χ1n) is 7.94. The van der Waals surface area contributed by atoms with Crippen LogP contribution in [-0.2, 0) is 5.41 Å². The molecule has 1 fully saturated rings. The summed E-state index contributed by atoms with van der Waals surface area (Å²) >= 11 is 0. The van der Waals surface area contributed by atoms with E-state index >= 15 is 0 Å². The Morgan fingerprint density at radius 2 is 2.13 bits per heavy atom. The minimum atomic E-state index is -1.67. The zero-order chi connectivity index (χ0) is 16.8. The van der Waals surface area contributed by atoms with E-state index < -0.39 is 12.3 Å². The molecule has 0 aliphatic carbocycles. The molecule has 2 heterocycles. The van der Waals surface area contributed by atoms with Crippen LogP contribution < -0.4 is 0 Å². The Morgan fingerprint density at radius 3 is 2.74 bits per heavy atom. The molecule has 1 aliphatic rings. The maximum absolute atomic E-state index is 14.1. The van der Waals surface area contributed by atoms with Crippen LogP contribution in [0.15, 0.2) is 24.3 Å². The van der Waals surface area contributed by atoms with Gasteiger partial charge in [0, 0.05) is 23.9 Å². The number of hydrogen-bond acceptors (Lipinski definition) is 2. The highest BCUT2D eigenvalue weighted by Crippen LogP contribution is 2.29. The van der Waals surface area contributed by atoms with Gasteiger partial charge in [-0.1, -0.05) is 26.8 Å². The largest absolute Gasteiger partial charge is 0.393 e. The molecule has 1 saturated heterocycles. The van der Waals surface area contributed by atoms with Gasteiger partial charge in [0.1, 0.15) is 5.69 Å². The van der Waals surface area contributed by atoms with Crippen LogP contribution in [0, 0.1) is 0 Å². The second kappa shape index (κ2) is 5.34. The predicted octanol–water partition coefficient (Wildman–Crippen LogP) is 3.01. The molecule has 2 aromatic rings. The van der Waals surface area contributed by atoms with Crippen LogP contribution in [0.3, 0.4) is 0 Å². The summed E-state index contributed by atoms with van der Waals surface area (Å²) in [4.78, 5) is 17.1. The van der Waals surface area contributed by atoms with E-state index in [0.717, 1.165) is 10.9 Å². The number of halogens is 1. The van der Waals surface area contributed by atoms with Crippen LogP contribution in [0.5, 0.6) is 0 Å². The highest BCUT2D eigenvalue weighted by Gasteiger charge is 2.40. The summed E-state index contributed by atoms with van der Waals surface area (Å²) in [7, 11) is 0. The summed E-state index contributed by atoms with van der Waals surface area (Å²) in [5, 5.41) is 10.1. The van der Waals surface area contributed by atoms with Gasteiger partial charge >= 0.3 is 0 Å². The van der Waals surface area contributed by atoms with E-state index in [1.54, 1.807) is 0 Å². The topological polar surface area (TPSA) is 56.3 Å². The van der Waals surface area contributed by atoms with Gasteiger partial charge in [0.15, 0.2) is 5.67 Å². The smallest absolute Gasteiger partial charge is 0.270 e. The molecule has 1 atom stereocenters. The summed E-state index contributed by atoms with van der Waals surface area (Å²) in [5.74, 6) is -0.216. The highest BCUT2D eigenvalue weighted by atomic mass is 19.1. The zero-order valence-corrected chi connectivity index (χ0v) is 13.8. The molecule has 4 nitrogen and oxygen atoms in total. The van der Waals surface area contributed by atoms with Gasteiger partial charge in [0.2, 0.25) is 0 Å². The van der Waals surface area contributed by atoms with E-state index in [9.17, 15) is 9.18 Å². The third-order valence-electron chi connectivity index (χ3n) is 4.59. The van der Waals surface area contributed by atoms with Crippen molar-refractivity contribution in [2.75, 3.05) is 19.7 Å². The number of rotatable bonds is 2. The van der Waals surface area contributed by atoms with E-state index in [1.807, 2.05) is 12.1 Å². The molecule has 0 spiro atoms. The first-order valence-corrected chi connectivity index (χ1v) is 7.94. The van der Waals surface area contributed by atoms with Gasteiger partial charge < -0.3 is 15.0 Å². The quantitative estimate of drug-likeness (QED) is 0.894. The van der Waals surface area contributed by atoms with Gasteiger partial charge in [0.25, 0.3) is 5.91 Å². The van der Waals surface area contributed by atoms with Crippen molar-refractivity contribution in [3.8, 4) is 0 Å². The standard InChI is InChI=1S/C18H23FN2O2/c1-17(2,3)13-4-5-14-12(8-13)9-15(20-14)16(23)21-7-6-18(19,10-21)11-22/h4-5,8-9,20,22H,6-7,10-11H2,1-3H3. The van der Waals surface area contributed by atoms with Crippen molar-refractivity contribution in [1.82, 2.24) is 9.88 Å². The Labute approximate surface area is 135 Å². The molecule has 23 heavy (non-hydrogen) atoms. The minimum Gasteiger partial charge on any atom is -0.393 e. The van der Waals surface area contributed by atoms with Crippen molar-refractivity contribution in [1.29, 1.82) is 0 Å². The number of carbonyl (C=O) groups excluding carboxylic acids is 1. The Hall–Kier alpha value is -1.88. The number of alkyl halides is 1. The van der Waals surface area contributed by atoms with Crippen LogP contribution in [0.4, 0.5) is 4.39 Å². The van der Waals surface area contributed by atoms with E-state index in [4.69, 9.17) is 5.11 Å². The SMILES string of the molecule is CC(C)(C)c1ccc2[nH]c(C(=O)N3CCC(F)(CO)C3)cc2c1. The van der Waals surface area contributed by atoms with Gasteiger partial charge in [0.05, 0.1) is 13.2 Å². The van der Waals surface area contributed by atoms with Crippen molar-refractivity contribution >= 4 is 16.8 Å². The first kappa shape index (κ1) is 16.0. The summed E-state index contributed by atoms with van der Waals surface area (Å²) in [5.41, 5.74) is 0.940. The maximum atomic E-state index is 14.1. The van der Waals surface area contributed by atoms with E-state index in [2.05, 4.69) is 37.9 Å². The number of aliphatic hydroxyl groups is 1. The Kier molecular flexibility index (Phi) is 3.71. The molecule has 1 aromatic heterocycles. The second-order valence-corrected chi connectivity index (χ2v) is 7.52. The van der Waals surface area contributed by atoms with Gasteiger partial charge in [-0.2, -0.15) is 0 Å². The summed E-state index contributed by atoms with van der Waals surface area (Å²) in [6, 6.07) is 7.94. The van der Waals surface area contributed by atoms with E-state index in [-0.39, 0.29) is 24.3 Å². The minimum absolute atomic E-state index is 0.0412. The molecule has 0 saturated carbocycles. The van der Waals surface area contributed by atoms with Crippen molar-refractivity contribution < 1.29 is 14.3 Å². The number of fused-ring (bicyclic) bond motifs is 1. The Bertz CT molecular complexity index is 747. The number of aromatic nitrogens is 1. The van der Waals surface area contributed by atoms with E-state index in [1.165, 1.54) is 10.5 Å². The average Bonchev–Trinajstić information content (AvgIpc) is 3.09. The van der Waals surface area contributed by atoms with Gasteiger partial charge in [-0.25, -0.2) is 4.39 Å². The van der Waals surface area contributed by atoms with Gasteiger partial charge in [-0.15, -0.1) is 0 Å². The molecule has 124 valence electrons. The normalized spacial score (nSPS) is 22.0.